The normalized spacial score (nSPS) is 11.8. The van der Waals surface area contributed by atoms with Gasteiger partial charge in [0.15, 0.2) is 5.58 Å². The molecular weight excluding hydrogens is 780 g/mol. The van der Waals surface area contributed by atoms with E-state index >= 15 is 0 Å². The molecule has 0 amide bonds. The van der Waals surface area contributed by atoms with E-state index in [1.807, 2.05) is 75.3 Å². The second-order valence-corrected chi connectivity index (χ2v) is 11.7. The molecule has 0 atom stereocenters. The van der Waals surface area contributed by atoms with Crippen LogP contribution >= 0.6 is 0 Å². The SMILES string of the molecule is Cc1cccc2c1nc1n(-c3cc4c(cn3)oc3ccccc34)c3[c-]c(Oc4[c-]c(-n5[c-][n+](C)c6ccccc65)ccc4)ccc3n21.[Pt]. The second kappa shape index (κ2) is 10.7. The summed E-state index contributed by atoms with van der Waals surface area (Å²) in [5, 5.41) is 2.02. The van der Waals surface area contributed by atoms with E-state index in [9.17, 15) is 0 Å². The van der Waals surface area contributed by atoms with Gasteiger partial charge in [-0.05, 0) is 41.7 Å². The van der Waals surface area contributed by atoms with Crippen LogP contribution in [0.15, 0.2) is 114 Å². The molecule has 10 rings (SSSR count). The Morgan fingerprint density at radius 3 is 2.52 bits per heavy atom. The summed E-state index contributed by atoms with van der Waals surface area (Å²) in [6.45, 7) is 2.08. The molecule has 0 aliphatic carbocycles. The summed E-state index contributed by atoms with van der Waals surface area (Å²) < 4.78 is 20.7. The first-order valence-corrected chi connectivity index (χ1v) is 15.3. The van der Waals surface area contributed by atoms with Crippen LogP contribution in [0.3, 0.4) is 0 Å². The summed E-state index contributed by atoms with van der Waals surface area (Å²) in [6, 6.07) is 41.3. The van der Waals surface area contributed by atoms with E-state index in [4.69, 9.17) is 19.1 Å². The molecule has 0 aliphatic heterocycles. The summed E-state index contributed by atoms with van der Waals surface area (Å²) in [5.74, 6) is 2.58. The van der Waals surface area contributed by atoms with Crippen molar-refractivity contribution < 1.29 is 34.8 Å². The topological polar surface area (TPSA) is 66.3 Å². The molecule has 0 fully saturated rings. The fourth-order valence-corrected chi connectivity index (χ4v) is 6.66. The smallest absolute Gasteiger partial charge is 0.242 e. The number of aromatic nitrogens is 6. The average molecular weight is 804 g/mol. The minimum absolute atomic E-state index is 0. The molecule has 5 heterocycles. The van der Waals surface area contributed by atoms with E-state index in [1.165, 1.54) is 0 Å². The Morgan fingerprint density at radius 2 is 1.58 bits per heavy atom. The molecule has 0 saturated heterocycles. The van der Waals surface area contributed by atoms with Crippen LogP contribution in [-0.2, 0) is 28.1 Å². The minimum atomic E-state index is 0. The van der Waals surface area contributed by atoms with Crippen molar-refractivity contribution in [2.24, 2.45) is 7.05 Å². The largest absolute Gasteiger partial charge is 0.510 e. The van der Waals surface area contributed by atoms with E-state index in [0.29, 0.717) is 17.3 Å². The number of benzene rings is 5. The summed E-state index contributed by atoms with van der Waals surface area (Å²) in [7, 11) is 1.99. The van der Waals surface area contributed by atoms with Gasteiger partial charge in [0.25, 0.3) is 0 Å². The number of aryl methyl sites for hydroxylation is 2. The number of para-hydroxylation sites is 4. The van der Waals surface area contributed by atoms with Crippen molar-refractivity contribution in [2.45, 2.75) is 6.92 Å². The zero-order valence-corrected chi connectivity index (χ0v) is 28.0. The number of ether oxygens (including phenoxy) is 1. The maximum atomic E-state index is 6.43. The van der Waals surface area contributed by atoms with Crippen molar-refractivity contribution in [1.82, 2.24) is 23.5 Å². The fraction of sp³-hybridized carbons (Fsp3) is 0.0513. The quantitative estimate of drug-likeness (QED) is 0.134. The number of furan rings is 1. The number of pyridine rings is 1. The predicted octanol–water partition coefficient (Wildman–Crippen LogP) is 7.99. The van der Waals surface area contributed by atoms with Gasteiger partial charge in [-0.2, -0.15) is 12.1 Å². The third kappa shape index (κ3) is 4.16. The van der Waals surface area contributed by atoms with Crippen LogP contribution in [0.4, 0.5) is 0 Å². The van der Waals surface area contributed by atoms with Crippen LogP contribution < -0.4 is 9.30 Å². The summed E-state index contributed by atoms with van der Waals surface area (Å²) in [6.07, 6.45) is 5.16. The first kappa shape index (κ1) is 28.5. The van der Waals surface area contributed by atoms with Crippen LogP contribution in [-0.4, -0.2) is 23.5 Å². The summed E-state index contributed by atoms with van der Waals surface area (Å²) in [4.78, 5) is 10.00. The van der Waals surface area contributed by atoms with Gasteiger partial charge in [0, 0.05) is 43.3 Å². The summed E-state index contributed by atoms with van der Waals surface area (Å²) >= 11 is 0. The molecule has 0 spiro atoms. The number of fused-ring (bicyclic) bond motifs is 9. The van der Waals surface area contributed by atoms with Crippen molar-refractivity contribution in [3.05, 3.63) is 133 Å². The number of hydrogen-bond donors (Lipinski definition) is 0. The maximum Gasteiger partial charge on any atom is 0.242 e. The zero-order valence-electron chi connectivity index (χ0n) is 25.7. The molecule has 0 aliphatic rings. The van der Waals surface area contributed by atoms with E-state index in [1.54, 1.807) is 6.20 Å². The molecule has 0 radical (unpaired) electrons. The van der Waals surface area contributed by atoms with Crippen molar-refractivity contribution in [3.8, 4) is 23.0 Å². The van der Waals surface area contributed by atoms with Gasteiger partial charge in [-0.3, -0.25) is 4.57 Å². The third-order valence-electron chi connectivity index (χ3n) is 8.84. The Labute approximate surface area is 288 Å². The monoisotopic (exact) mass is 803 g/mol. The van der Waals surface area contributed by atoms with Crippen molar-refractivity contribution in [1.29, 1.82) is 0 Å². The van der Waals surface area contributed by atoms with Crippen LogP contribution in [0.25, 0.3) is 72.3 Å². The Morgan fingerprint density at radius 1 is 0.771 bits per heavy atom. The van der Waals surface area contributed by atoms with Gasteiger partial charge in [0.1, 0.15) is 11.4 Å². The number of imidazole rings is 3. The molecule has 48 heavy (non-hydrogen) atoms. The van der Waals surface area contributed by atoms with Crippen LogP contribution in [0.2, 0.25) is 0 Å². The van der Waals surface area contributed by atoms with Crippen molar-refractivity contribution in [3.63, 3.8) is 0 Å². The van der Waals surface area contributed by atoms with Crippen molar-refractivity contribution in [2.75, 3.05) is 0 Å². The van der Waals surface area contributed by atoms with Crippen LogP contribution in [0, 0.1) is 25.4 Å². The van der Waals surface area contributed by atoms with E-state index < -0.39 is 0 Å². The molecule has 0 saturated carbocycles. The molecule has 0 unspecified atom stereocenters. The van der Waals surface area contributed by atoms with E-state index in [2.05, 4.69) is 78.3 Å². The fourth-order valence-electron chi connectivity index (χ4n) is 6.66. The molecule has 5 aromatic heterocycles. The Kier molecular flexibility index (Phi) is 6.33. The summed E-state index contributed by atoms with van der Waals surface area (Å²) in [5.41, 5.74) is 9.31. The van der Waals surface area contributed by atoms with Gasteiger partial charge in [-0.1, -0.05) is 60.3 Å². The maximum absolute atomic E-state index is 6.43. The van der Waals surface area contributed by atoms with Crippen LogP contribution in [0.1, 0.15) is 5.56 Å². The molecule has 10 aromatic rings. The standard InChI is InChI=1S/C39H24N6O2.Pt/c1-24-9-7-15-33-38(24)41-39-44(33)32-18-17-27(46-26-11-8-10-25(19-26)43-23-42(2)30-13-4-5-14-31(30)43)20-34(32)45(39)37-21-29-28-12-3-6-16-35(28)47-36(29)22-40-37;/h3-18,21-22H,1-2H3;/q-2;. The second-order valence-electron chi connectivity index (χ2n) is 11.7. The van der Waals surface area contributed by atoms with E-state index in [0.717, 1.165) is 72.1 Å². The van der Waals surface area contributed by atoms with Crippen LogP contribution in [0.5, 0.6) is 11.5 Å². The van der Waals surface area contributed by atoms with Gasteiger partial charge in [0.05, 0.1) is 35.3 Å². The Balaban J connectivity index is 0.00000314. The van der Waals surface area contributed by atoms with Crippen molar-refractivity contribution >= 4 is 60.8 Å². The molecule has 0 bridgehead atoms. The average Bonchev–Trinajstić information content (AvgIpc) is 3.84. The van der Waals surface area contributed by atoms with E-state index in [-0.39, 0.29) is 21.1 Å². The first-order chi connectivity index (χ1) is 23.1. The Bertz CT molecular complexity index is 2880. The predicted molar refractivity (Wildman–Crippen MR) is 180 cm³/mol. The third-order valence-corrected chi connectivity index (χ3v) is 8.84. The zero-order chi connectivity index (χ0) is 31.2. The molecule has 234 valence electrons. The van der Waals surface area contributed by atoms with Gasteiger partial charge in [-0.15, -0.1) is 30.3 Å². The van der Waals surface area contributed by atoms with Gasteiger partial charge < -0.3 is 22.7 Å². The number of hydrogen-bond acceptors (Lipinski definition) is 4. The van der Waals surface area contributed by atoms with Gasteiger partial charge in [0.2, 0.25) is 12.1 Å². The Hall–Kier alpha value is -5.72. The first-order valence-electron chi connectivity index (χ1n) is 15.3. The number of rotatable bonds is 4. The number of nitrogens with zero attached hydrogens (tertiary/aromatic N) is 6. The molecule has 0 N–H and O–H groups in total. The van der Waals surface area contributed by atoms with Gasteiger partial charge >= 0.3 is 0 Å². The van der Waals surface area contributed by atoms with Gasteiger partial charge in [-0.25, -0.2) is 9.97 Å². The molecule has 8 nitrogen and oxygen atoms in total. The molecular formula is C39H24N6O2Pt-2. The molecule has 5 aromatic carbocycles. The molecule has 9 heteroatoms. The minimum Gasteiger partial charge on any atom is -0.510 e.